The van der Waals surface area contributed by atoms with Crippen LogP contribution in [0.5, 0.6) is 5.75 Å². The van der Waals surface area contributed by atoms with E-state index in [4.69, 9.17) is 9.15 Å². The van der Waals surface area contributed by atoms with Crippen LogP contribution < -0.4 is 10.1 Å². The summed E-state index contributed by atoms with van der Waals surface area (Å²) in [6, 6.07) is 11.5. The molecule has 0 saturated carbocycles. The minimum atomic E-state index is -3.59. The van der Waals surface area contributed by atoms with Crippen LogP contribution in [0, 0.1) is 0 Å². The lowest BCUT2D eigenvalue weighted by molar-refractivity contribution is 0.414. The molecule has 24 heavy (non-hydrogen) atoms. The molecule has 5 nitrogen and oxygen atoms in total. The molecular formula is C18H17NO4S. The van der Waals surface area contributed by atoms with Crippen LogP contribution in [0.4, 0.5) is 0 Å². The molecule has 0 radical (unpaired) electrons. The fourth-order valence-electron chi connectivity index (χ4n) is 3.07. The Labute approximate surface area is 140 Å². The van der Waals surface area contributed by atoms with Crippen molar-refractivity contribution >= 4 is 20.8 Å². The number of ether oxygens (including phenoxy) is 1. The highest BCUT2D eigenvalue weighted by Crippen LogP contribution is 2.32. The van der Waals surface area contributed by atoms with E-state index in [-0.39, 0.29) is 9.79 Å². The number of sulfone groups is 1. The molecule has 0 bridgehead atoms. The van der Waals surface area contributed by atoms with Crippen LogP contribution in [0.3, 0.4) is 0 Å². The van der Waals surface area contributed by atoms with E-state index in [9.17, 15) is 8.42 Å². The van der Waals surface area contributed by atoms with Gasteiger partial charge in [0.05, 0.1) is 23.4 Å². The van der Waals surface area contributed by atoms with Crippen molar-refractivity contribution in [2.24, 2.45) is 0 Å². The first kappa shape index (κ1) is 15.2. The maximum absolute atomic E-state index is 12.8. The molecule has 0 aliphatic carbocycles. The minimum Gasteiger partial charge on any atom is -0.497 e. The average Bonchev–Trinajstić information content (AvgIpc) is 2.99. The van der Waals surface area contributed by atoms with Crippen molar-refractivity contribution in [3.05, 3.63) is 53.8 Å². The van der Waals surface area contributed by atoms with Gasteiger partial charge in [-0.1, -0.05) is 0 Å². The van der Waals surface area contributed by atoms with E-state index in [2.05, 4.69) is 5.32 Å². The molecule has 1 aromatic heterocycles. The van der Waals surface area contributed by atoms with Crippen LogP contribution in [-0.2, 0) is 22.8 Å². The SMILES string of the molecule is COc1ccc(S(=O)(=O)c2ccc3c4c(oc3c2)CNCC4)cc1. The Hall–Kier alpha value is -2.31. The number of hydrogen-bond donors (Lipinski definition) is 1. The van der Waals surface area contributed by atoms with Gasteiger partial charge >= 0.3 is 0 Å². The third-order valence-electron chi connectivity index (χ3n) is 4.37. The Morgan fingerprint density at radius 2 is 1.83 bits per heavy atom. The van der Waals surface area contributed by atoms with E-state index < -0.39 is 9.84 Å². The van der Waals surface area contributed by atoms with Gasteiger partial charge in [0, 0.05) is 17.0 Å². The Morgan fingerprint density at radius 1 is 1.08 bits per heavy atom. The molecule has 124 valence electrons. The Balaban J connectivity index is 1.79. The molecule has 0 amide bonds. The molecule has 2 aromatic carbocycles. The van der Waals surface area contributed by atoms with Gasteiger partial charge in [0.25, 0.3) is 0 Å². The van der Waals surface area contributed by atoms with Gasteiger partial charge < -0.3 is 14.5 Å². The highest BCUT2D eigenvalue weighted by molar-refractivity contribution is 7.91. The zero-order chi connectivity index (χ0) is 16.7. The van der Waals surface area contributed by atoms with Gasteiger partial charge in [-0.2, -0.15) is 0 Å². The fourth-order valence-corrected chi connectivity index (χ4v) is 4.35. The number of benzene rings is 2. The molecule has 0 fully saturated rings. The van der Waals surface area contributed by atoms with Crippen molar-refractivity contribution in [2.45, 2.75) is 22.8 Å². The largest absolute Gasteiger partial charge is 0.497 e. The Kier molecular flexibility index (Phi) is 3.58. The Bertz CT molecular complexity index is 1000. The third-order valence-corrected chi connectivity index (χ3v) is 6.13. The van der Waals surface area contributed by atoms with E-state index in [0.29, 0.717) is 17.9 Å². The van der Waals surface area contributed by atoms with E-state index >= 15 is 0 Å². The van der Waals surface area contributed by atoms with Crippen LogP contribution in [0.15, 0.2) is 56.7 Å². The minimum absolute atomic E-state index is 0.235. The monoisotopic (exact) mass is 343 g/mol. The standard InChI is InChI=1S/C18H17NO4S/c1-22-12-2-4-13(5-3-12)24(20,21)14-6-7-15-16-8-9-19-11-18(16)23-17(15)10-14/h2-7,10,19H,8-9,11H2,1H3. The molecule has 1 N–H and O–H groups in total. The number of nitrogens with one attached hydrogen (secondary N) is 1. The predicted octanol–water partition coefficient (Wildman–Crippen LogP) is 2.92. The summed E-state index contributed by atoms with van der Waals surface area (Å²) >= 11 is 0. The van der Waals surface area contributed by atoms with Crippen molar-refractivity contribution in [1.29, 1.82) is 0 Å². The first-order chi connectivity index (χ1) is 11.6. The summed E-state index contributed by atoms with van der Waals surface area (Å²) in [7, 11) is -2.04. The van der Waals surface area contributed by atoms with Gasteiger partial charge in [-0.3, -0.25) is 0 Å². The van der Waals surface area contributed by atoms with E-state index in [1.165, 1.54) is 5.56 Å². The Morgan fingerprint density at radius 3 is 2.58 bits per heavy atom. The average molecular weight is 343 g/mol. The van der Waals surface area contributed by atoms with Crippen LogP contribution in [-0.4, -0.2) is 22.1 Å². The second-order valence-electron chi connectivity index (χ2n) is 5.77. The third kappa shape index (κ3) is 2.39. The highest BCUT2D eigenvalue weighted by atomic mass is 32.2. The smallest absolute Gasteiger partial charge is 0.206 e. The zero-order valence-corrected chi connectivity index (χ0v) is 14.0. The first-order valence-electron chi connectivity index (χ1n) is 7.74. The van der Waals surface area contributed by atoms with E-state index in [1.54, 1.807) is 43.5 Å². The van der Waals surface area contributed by atoms with Crippen LogP contribution in [0.1, 0.15) is 11.3 Å². The second kappa shape index (κ2) is 5.65. The molecular weight excluding hydrogens is 326 g/mol. The summed E-state index contributed by atoms with van der Waals surface area (Å²) in [5.41, 5.74) is 1.80. The van der Waals surface area contributed by atoms with Crippen molar-refractivity contribution in [3.8, 4) is 5.75 Å². The second-order valence-corrected chi connectivity index (χ2v) is 7.72. The van der Waals surface area contributed by atoms with Gasteiger partial charge in [0.1, 0.15) is 17.1 Å². The van der Waals surface area contributed by atoms with Gasteiger partial charge in [0.15, 0.2) is 0 Å². The molecule has 2 heterocycles. The van der Waals surface area contributed by atoms with Crippen molar-refractivity contribution in [3.63, 3.8) is 0 Å². The number of rotatable bonds is 3. The molecule has 0 atom stereocenters. The fraction of sp³-hybridized carbons (Fsp3) is 0.222. The maximum atomic E-state index is 12.8. The summed E-state index contributed by atoms with van der Waals surface area (Å²) in [5.74, 6) is 1.52. The van der Waals surface area contributed by atoms with Crippen molar-refractivity contribution in [1.82, 2.24) is 5.32 Å². The van der Waals surface area contributed by atoms with Crippen LogP contribution >= 0.6 is 0 Å². The van der Waals surface area contributed by atoms with Gasteiger partial charge in [-0.25, -0.2) is 8.42 Å². The quantitative estimate of drug-likeness (QED) is 0.792. The summed E-state index contributed by atoms with van der Waals surface area (Å²) in [4.78, 5) is 0.472. The summed E-state index contributed by atoms with van der Waals surface area (Å²) < 4.78 is 36.6. The number of fused-ring (bicyclic) bond motifs is 3. The first-order valence-corrected chi connectivity index (χ1v) is 9.22. The topological polar surface area (TPSA) is 68.5 Å². The molecule has 0 unspecified atom stereocenters. The van der Waals surface area contributed by atoms with Crippen molar-refractivity contribution < 1.29 is 17.6 Å². The highest BCUT2D eigenvalue weighted by Gasteiger charge is 2.22. The van der Waals surface area contributed by atoms with Crippen molar-refractivity contribution in [2.75, 3.05) is 13.7 Å². The van der Waals surface area contributed by atoms with Crippen LogP contribution in [0.25, 0.3) is 11.0 Å². The van der Waals surface area contributed by atoms with Gasteiger partial charge in [-0.05, 0) is 49.4 Å². The molecule has 6 heteroatoms. The molecule has 1 aliphatic heterocycles. The molecule has 0 saturated heterocycles. The van der Waals surface area contributed by atoms with Crippen LogP contribution in [0.2, 0.25) is 0 Å². The lowest BCUT2D eigenvalue weighted by Gasteiger charge is -2.10. The number of hydrogen-bond acceptors (Lipinski definition) is 5. The lowest BCUT2D eigenvalue weighted by atomic mass is 10.1. The van der Waals surface area contributed by atoms with E-state index in [0.717, 1.165) is 24.1 Å². The molecule has 1 aliphatic rings. The maximum Gasteiger partial charge on any atom is 0.206 e. The normalized spacial score (nSPS) is 14.5. The summed E-state index contributed by atoms with van der Waals surface area (Å²) in [6.07, 6.45) is 0.896. The van der Waals surface area contributed by atoms with E-state index in [1.807, 2.05) is 6.07 Å². The zero-order valence-electron chi connectivity index (χ0n) is 13.2. The molecule has 3 aromatic rings. The lowest BCUT2D eigenvalue weighted by Crippen LogP contribution is -2.22. The summed E-state index contributed by atoms with van der Waals surface area (Å²) in [5, 5.41) is 4.26. The van der Waals surface area contributed by atoms with Gasteiger partial charge in [-0.15, -0.1) is 0 Å². The number of methoxy groups -OCH3 is 1. The summed E-state index contributed by atoms with van der Waals surface area (Å²) in [6.45, 7) is 1.60. The predicted molar refractivity (Wildman–Crippen MR) is 90.1 cm³/mol. The van der Waals surface area contributed by atoms with Gasteiger partial charge in [0.2, 0.25) is 9.84 Å². The number of furan rings is 1. The molecule has 0 spiro atoms. The molecule has 4 rings (SSSR count).